The van der Waals surface area contributed by atoms with Crippen LogP contribution in [-0.2, 0) is 22.4 Å². The van der Waals surface area contributed by atoms with E-state index in [0.717, 1.165) is 11.1 Å². The molecule has 0 aliphatic carbocycles. The smallest absolute Gasteiger partial charge is 0.334 e. The van der Waals surface area contributed by atoms with Gasteiger partial charge in [-0.3, -0.25) is 9.59 Å². The molecule has 6 nitrogen and oxygen atoms in total. The second-order valence-corrected chi connectivity index (χ2v) is 10.2. The molecule has 4 N–H and O–H groups in total. The second-order valence-electron chi connectivity index (χ2n) is 7.39. The van der Waals surface area contributed by atoms with E-state index in [4.69, 9.17) is 0 Å². The van der Waals surface area contributed by atoms with Crippen LogP contribution in [0.2, 0.25) is 12.1 Å². The Bertz CT molecular complexity index is 718. The lowest BCUT2D eigenvalue weighted by atomic mass is 10.00. The van der Waals surface area contributed by atoms with Gasteiger partial charge in [-0.05, 0) is 24.0 Å². The fourth-order valence-corrected chi connectivity index (χ4v) is 6.00. The maximum atomic E-state index is 12.4. The van der Waals surface area contributed by atoms with Crippen molar-refractivity contribution in [2.45, 2.75) is 24.9 Å². The van der Waals surface area contributed by atoms with Crippen LogP contribution in [0, 0.1) is 11.8 Å². The third-order valence-electron chi connectivity index (χ3n) is 5.03. The van der Waals surface area contributed by atoms with Crippen LogP contribution in [0.5, 0.6) is 0 Å². The van der Waals surface area contributed by atoms with Crippen LogP contribution in [0.1, 0.15) is 11.1 Å². The average Bonchev–Trinajstić information content (AvgIpc) is 2.72. The summed E-state index contributed by atoms with van der Waals surface area (Å²) in [5.41, 5.74) is 1.91. The van der Waals surface area contributed by atoms with Gasteiger partial charge in [0.1, 0.15) is 0 Å². The Balaban J connectivity index is 2.13. The molecule has 0 aliphatic rings. The molecule has 0 spiro atoms. The van der Waals surface area contributed by atoms with Gasteiger partial charge in [0.15, 0.2) is 0 Å². The Morgan fingerprint density at radius 1 is 0.759 bits per heavy atom. The minimum absolute atomic E-state index is 0.0240. The molecule has 2 aromatic carbocycles. The van der Waals surface area contributed by atoms with E-state index in [0.29, 0.717) is 12.8 Å². The fraction of sp³-hybridized carbons (Fsp3) is 0.364. The summed E-state index contributed by atoms with van der Waals surface area (Å²) in [6.07, 6.45) is 0.833. The maximum absolute atomic E-state index is 12.4. The molecular formula is C22H30N2O4Si. The van der Waals surface area contributed by atoms with Gasteiger partial charge in [0.2, 0.25) is 11.8 Å². The number of rotatable bonds is 10. The number of carbonyl (C=O) groups is 2. The number of hydrogen-bond donors (Lipinski definition) is 4. The fourth-order valence-electron chi connectivity index (χ4n) is 3.59. The Morgan fingerprint density at radius 3 is 1.41 bits per heavy atom. The van der Waals surface area contributed by atoms with E-state index in [1.165, 1.54) is 0 Å². The van der Waals surface area contributed by atoms with Crippen molar-refractivity contribution >= 4 is 20.4 Å². The van der Waals surface area contributed by atoms with Crippen molar-refractivity contribution < 1.29 is 19.2 Å². The van der Waals surface area contributed by atoms with Crippen LogP contribution in [-0.4, -0.2) is 44.1 Å². The molecule has 2 amide bonds. The quantitative estimate of drug-likeness (QED) is 0.444. The molecule has 156 valence electrons. The molecule has 0 fully saturated rings. The van der Waals surface area contributed by atoms with Crippen molar-refractivity contribution in [3.05, 3.63) is 71.8 Å². The van der Waals surface area contributed by atoms with Crippen LogP contribution < -0.4 is 10.6 Å². The first-order chi connectivity index (χ1) is 13.8. The molecule has 0 unspecified atom stereocenters. The second kappa shape index (κ2) is 10.9. The molecule has 0 heterocycles. The molecular weight excluding hydrogens is 384 g/mol. The number of amides is 2. The lowest BCUT2D eigenvalue weighted by Crippen LogP contribution is -2.45. The normalized spacial score (nSPS) is 13.4. The van der Waals surface area contributed by atoms with Crippen LogP contribution in [0.25, 0.3) is 0 Å². The Labute approximate surface area is 173 Å². The van der Waals surface area contributed by atoms with E-state index >= 15 is 0 Å². The SMILES string of the molecule is CNC(=O)[C@H](Cc1ccccc1)C[Si](O)(O)C[C@@H](Cc1ccccc1)C(=O)NC. The van der Waals surface area contributed by atoms with Gasteiger partial charge in [0.05, 0.1) is 0 Å². The summed E-state index contributed by atoms with van der Waals surface area (Å²) in [6.45, 7) is 0. The molecule has 0 bridgehead atoms. The predicted molar refractivity (Wildman–Crippen MR) is 115 cm³/mol. The van der Waals surface area contributed by atoms with Gasteiger partial charge in [0, 0.05) is 38.0 Å². The number of carbonyl (C=O) groups excluding carboxylic acids is 2. The summed E-state index contributed by atoms with van der Waals surface area (Å²) in [5, 5.41) is 5.23. The van der Waals surface area contributed by atoms with E-state index < -0.39 is 20.4 Å². The zero-order chi connectivity index (χ0) is 21.3. The van der Waals surface area contributed by atoms with Crippen molar-refractivity contribution in [3.63, 3.8) is 0 Å². The van der Waals surface area contributed by atoms with E-state index in [9.17, 15) is 19.2 Å². The Kier molecular flexibility index (Phi) is 8.57. The highest BCUT2D eigenvalue weighted by atomic mass is 28.4. The van der Waals surface area contributed by atoms with Gasteiger partial charge in [-0.1, -0.05) is 60.7 Å². The van der Waals surface area contributed by atoms with Crippen molar-refractivity contribution in [2.75, 3.05) is 14.1 Å². The first-order valence-corrected chi connectivity index (χ1v) is 12.1. The van der Waals surface area contributed by atoms with Gasteiger partial charge >= 0.3 is 8.56 Å². The van der Waals surface area contributed by atoms with Crippen LogP contribution in [0.15, 0.2) is 60.7 Å². The lowest BCUT2D eigenvalue weighted by Gasteiger charge is -2.27. The molecule has 7 heteroatoms. The van der Waals surface area contributed by atoms with Gasteiger partial charge in [-0.15, -0.1) is 0 Å². The Hall–Kier alpha value is -2.48. The molecule has 0 saturated carbocycles. The molecule has 29 heavy (non-hydrogen) atoms. The molecule has 2 rings (SSSR count). The minimum Gasteiger partial charge on any atom is -0.411 e. The molecule has 2 atom stereocenters. The maximum Gasteiger partial charge on any atom is 0.334 e. The third-order valence-corrected chi connectivity index (χ3v) is 7.32. The van der Waals surface area contributed by atoms with Crippen LogP contribution in [0.3, 0.4) is 0 Å². The predicted octanol–water partition coefficient (Wildman–Crippen LogP) is 1.62. The van der Waals surface area contributed by atoms with Crippen LogP contribution >= 0.6 is 0 Å². The number of benzene rings is 2. The summed E-state index contributed by atoms with van der Waals surface area (Å²) < 4.78 is 0. The number of nitrogens with one attached hydrogen (secondary N) is 2. The molecule has 0 aromatic heterocycles. The minimum atomic E-state index is -3.82. The highest BCUT2D eigenvalue weighted by molar-refractivity contribution is 6.65. The van der Waals surface area contributed by atoms with Crippen molar-refractivity contribution in [1.29, 1.82) is 0 Å². The standard InChI is InChI=1S/C22H30N2O4Si/c1-23-21(25)19(13-17-9-5-3-6-10-17)15-29(27,28)16-20(22(26)24-2)14-18-11-7-4-8-12-18/h3-12,19-20,27-28H,13-16H2,1-2H3,(H,23,25)(H,24,26)/t19-,20-/m1/s1. The van der Waals surface area contributed by atoms with Crippen molar-refractivity contribution in [2.24, 2.45) is 11.8 Å². The van der Waals surface area contributed by atoms with E-state index in [1.807, 2.05) is 60.7 Å². The molecule has 0 saturated heterocycles. The first-order valence-electron chi connectivity index (χ1n) is 9.80. The van der Waals surface area contributed by atoms with E-state index in [-0.39, 0.29) is 23.9 Å². The van der Waals surface area contributed by atoms with Gasteiger partial charge in [-0.2, -0.15) is 0 Å². The summed E-state index contributed by atoms with van der Waals surface area (Å²) in [4.78, 5) is 46.4. The van der Waals surface area contributed by atoms with E-state index in [1.54, 1.807) is 14.1 Å². The number of hydrogen-bond acceptors (Lipinski definition) is 4. The third kappa shape index (κ3) is 7.45. The summed E-state index contributed by atoms with van der Waals surface area (Å²) in [6, 6.07) is 19.0. The molecule has 0 aliphatic heterocycles. The average molecular weight is 415 g/mol. The zero-order valence-corrected chi connectivity index (χ0v) is 18.0. The van der Waals surface area contributed by atoms with Gasteiger partial charge in [0.25, 0.3) is 0 Å². The molecule has 2 aromatic rings. The highest BCUT2D eigenvalue weighted by Crippen LogP contribution is 2.26. The van der Waals surface area contributed by atoms with Gasteiger partial charge in [-0.25, -0.2) is 0 Å². The summed E-state index contributed by atoms with van der Waals surface area (Å²) in [5.74, 6) is -1.58. The van der Waals surface area contributed by atoms with E-state index in [2.05, 4.69) is 10.6 Å². The van der Waals surface area contributed by atoms with Gasteiger partial charge < -0.3 is 20.2 Å². The molecule has 0 radical (unpaired) electrons. The van der Waals surface area contributed by atoms with Crippen molar-refractivity contribution in [1.82, 2.24) is 10.6 Å². The highest BCUT2D eigenvalue weighted by Gasteiger charge is 2.39. The first kappa shape index (κ1) is 22.8. The Morgan fingerprint density at radius 2 is 1.10 bits per heavy atom. The van der Waals surface area contributed by atoms with Crippen molar-refractivity contribution in [3.8, 4) is 0 Å². The topological polar surface area (TPSA) is 98.7 Å². The zero-order valence-electron chi connectivity index (χ0n) is 17.0. The largest absolute Gasteiger partial charge is 0.411 e. The summed E-state index contributed by atoms with van der Waals surface area (Å²) in [7, 11) is -0.732. The summed E-state index contributed by atoms with van der Waals surface area (Å²) >= 11 is 0. The van der Waals surface area contributed by atoms with Crippen LogP contribution in [0.4, 0.5) is 0 Å². The monoisotopic (exact) mass is 414 g/mol. The lowest BCUT2D eigenvalue weighted by molar-refractivity contribution is -0.124.